The van der Waals surface area contributed by atoms with Gasteiger partial charge in [0.05, 0.1) is 10.9 Å². The van der Waals surface area contributed by atoms with Crippen molar-refractivity contribution < 1.29 is 8.42 Å². The predicted octanol–water partition coefficient (Wildman–Crippen LogP) is 3.76. The standard InChI is InChI=1S/C19H21NO2S/c1-19(2,3)17-12-10-16(11-13-17)14-15-23(21,22)20(4)18-8-6-5-7-9-18/h5-13H,1-4H3. The van der Waals surface area contributed by atoms with E-state index >= 15 is 0 Å². The zero-order valence-electron chi connectivity index (χ0n) is 13.9. The van der Waals surface area contributed by atoms with Crippen molar-refractivity contribution in [1.82, 2.24) is 0 Å². The molecular formula is C19H21NO2S. The maximum absolute atomic E-state index is 12.3. The van der Waals surface area contributed by atoms with Gasteiger partial charge in [0.2, 0.25) is 0 Å². The Morgan fingerprint density at radius 1 is 0.913 bits per heavy atom. The largest absolute Gasteiger partial charge is 0.304 e. The summed E-state index contributed by atoms with van der Waals surface area (Å²) in [6, 6.07) is 16.6. The molecule has 0 atom stereocenters. The number of nitrogens with zero attached hydrogens (tertiary/aromatic N) is 1. The topological polar surface area (TPSA) is 37.4 Å². The van der Waals surface area contributed by atoms with Crippen molar-refractivity contribution in [3.63, 3.8) is 0 Å². The van der Waals surface area contributed by atoms with E-state index in [1.165, 1.54) is 16.9 Å². The SMILES string of the molecule is CN(c1ccccc1)S(=O)(=O)C#Cc1ccc(C(C)(C)C)cc1. The summed E-state index contributed by atoms with van der Waals surface area (Å²) in [7, 11) is -2.18. The number of para-hydroxylation sites is 1. The number of sulfonamides is 1. The highest BCUT2D eigenvalue weighted by molar-refractivity contribution is 7.97. The number of benzene rings is 2. The van der Waals surface area contributed by atoms with Gasteiger partial charge in [0.1, 0.15) is 0 Å². The molecule has 23 heavy (non-hydrogen) atoms. The summed E-state index contributed by atoms with van der Waals surface area (Å²) in [5.74, 6) is 2.73. The van der Waals surface area contributed by atoms with E-state index in [9.17, 15) is 8.42 Å². The lowest BCUT2D eigenvalue weighted by Crippen LogP contribution is -2.24. The Morgan fingerprint density at radius 2 is 1.48 bits per heavy atom. The quantitative estimate of drug-likeness (QED) is 0.788. The molecule has 0 bridgehead atoms. The molecule has 3 nitrogen and oxygen atoms in total. The van der Waals surface area contributed by atoms with Gasteiger partial charge in [-0.1, -0.05) is 51.1 Å². The minimum atomic E-state index is -3.68. The average molecular weight is 327 g/mol. The first-order valence-electron chi connectivity index (χ1n) is 7.37. The zero-order valence-corrected chi connectivity index (χ0v) is 14.7. The Labute approximate surface area is 139 Å². The minimum Gasteiger partial charge on any atom is -0.263 e. The van der Waals surface area contributed by atoms with Crippen molar-refractivity contribution >= 4 is 15.7 Å². The maximum Gasteiger partial charge on any atom is 0.304 e. The molecule has 0 aliphatic carbocycles. The molecule has 0 aromatic heterocycles. The van der Waals surface area contributed by atoms with E-state index in [0.717, 1.165) is 0 Å². The van der Waals surface area contributed by atoms with Crippen molar-refractivity contribution in [3.05, 3.63) is 65.7 Å². The van der Waals surface area contributed by atoms with Gasteiger partial charge >= 0.3 is 10.0 Å². The second-order valence-corrected chi connectivity index (χ2v) is 8.06. The third-order valence-electron chi connectivity index (χ3n) is 3.56. The Bertz CT molecular complexity index is 821. The third kappa shape index (κ3) is 4.37. The smallest absolute Gasteiger partial charge is 0.263 e. The van der Waals surface area contributed by atoms with Crippen LogP contribution < -0.4 is 4.31 Å². The molecule has 0 saturated carbocycles. The van der Waals surface area contributed by atoms with E-state index in [0.29, 0.717) is 11.3 Å². The van der Waals surface area contributed by atoms with E-state index in [1.54, 1.807) is 24.3 Å². The first-order chi connectivity index (χ1) is 10.7. The molecule has 0 spiro atoms. The minimum absolute atomic E-state index is 0.0611. The summed E-state index contributed by atoms with van der Waals surface area (Å²) in [6.45, 7) is 6.40. The van der Waals surface area contributed by atoms with E-state index < -0.39 is 10.0 Å². The highest BCUT2D eigenvalue weighted by Gasteiger charge is 2.15. The van der Waals surface area contributed by atoms with Crippen LogP contribution in [-0.2, 0) is 15.4 Å². The molecular weight excluding hydrogens is 306 g/mol. The lowest BCUT2D eigenvalue weighted by Gasteiger charge is -2.18. The molecule has 0 amide bonds. The molecule has 2 aromatic rings. The second kappa shape index (κ2) is 6.47. The number of anilines is 1. The fourth-order valence-corrected chi connectivity index (χ4v) is 2.81. The molecule has 0 aliphatic rings. The molecule has 0 radical (unpaired) electrons. The zero-order chi connectivity index (χ0) is 17.1. The van der Waals surface area contributed by atoms with Gasteiger partial charge < -0.3 is 0 Å². The molecule has 0 fully saturated rings. The summed E-state index contributed by atoms with van der Waals surface area (Å²) in [5, 5.41) is 2.38. The Morgan fingerprint density at radius 3 is 2.00 bits per heavy atom. The van der Waals surface area contributed by atoms with Crippen molar-refractivity contribution in [2.75, 3.05) is 11.4 Å². The summed E-state index contributed by atoms with van der Waals surface area (Å²) in [6.07, 6.45) is 0. The summed E-state index contributed by atoms with van der Waals surface area (Å²) in [5.41, 5.74) is 2.52. The van der Waals surface area contributed by atoms with Gasteiger partial charge in [-0.05, 0) is 41.2 Å². The number of hydrogen-bond donors (Lipinski definition) is 0. The monoisotopic (exact) mass is 327 g/mol. The summed E-state index contributed by atoms with van der Waals surface area (Å²) >= 11 is 0. The van der Waals surface area contributed by atoms with Crippen LogP contribution in [0.1, 0.15) is 31.9 Å². The fourth-order valence-electron chi connectivity index (χ4n) is 2.02. The molecule has 0 saturated heterocycles. The molecule has 4 heteroatoms. The average Bonchev–Trinajstić information content (AvgIpc) is 2.53. The third-order valence-corrected chi connectivity index (χ3v) is 4.85. The predicted molar refractivity (Wildman–Crippen MR) is 95.8 cm³/mol. The second-order valence-electron chi connectivity index (χ2n) is 6.36. The number of rotatable bonds is 2. The van der Waals surface area contributed by atoms with Crippen LogP contribution in [0, 0.1) is 11.2 Å². The Kier molecular flexibility index (Phi) is 4.82. The van der Waals surface area contributed by atoms with Crippen LogP contribution in [0.4, 0.5) is 5.69 Å². The van der Waals surface area contributed by atoms with E-state index in [2.05, 4.69) is 31.9 Å². The van der Waals surface area contributed by atoms with Crippen LogP contribution in [0.2, 0.25) is 0 Å². The van der Waals surface area contributed by atoms with Crippen LogP contribution in [0.15, 0.2) is 54.6 Å². The van der Waals surface area contributed by atoms with Gasteiger partial charge in [0, 0.05) is 12.6 Å². The first kappa shape index (κ1) is 17.1. The Hall–Kier alpha value is -2.25. The van der Waals surface area contributed by atoms with Gasteiger partial charge in [0.25, 0.3) is 0 Å². The van der Waals surface area contributed by atoms with E-state index in [4.69, 9.17) is 0 Å². The first-order valence-corrected chi connectivity index (χ1v) is 8.81. The van der Waals surface area contributed by atoms with E-state index in [-0.39, 0.29) is 5.41 Å². The van der Waals surface area contributed by atoms with Crippen molar-refractivity contribution in [2.24, 2.45) is 0 Å². The lowest BCUT2D eigenvalue weighted by atomic mass is 9.87. The molecule has 0 aliphatic heterocycles. The van der Waals surface area contributed by atoms with Crippen molar-refractivity contribution in [3.8, 4) is 11.2 Å². The van der Waals surface area contributed by atoms with Crippen LogP contribution in [-0.4, -0.2) is 15.5 Å². The van der Waals surface area contributed by atoms with Crippen LogP contribution in [0.25, 0.3) is 0 Å². The molecule has 2 rings (SSSR count). The molecule has 0 unspecified atom stereocenters. The van der Waals surface area contributed by atoms with Gasteiger partial charge in [-0.3, -0.25) is 4.31 Å². The molecule has 2 aromatic carbocycles. The molecule has 120 valence electrons. The lowest BCUT2D eigenvalue weighted by molar-refractivity contribution is 0.590. The highest BCUT2D eigenvalue weighted by atomic mass is 32.2. The van der Waals surface area contributed by atoms with Crippen molar-refractivity contribution in [1.29, 1.82) is 0 Å². The Balaban J connectivity index is 2.23. The van der Waals surface area contributed by atoms with Gasteiger partial charge in [-0.25, -0.2) is 0 Å². The van der Waals surface area contributed by atoms with Crippen LogP contribution in [0.3, 0.4) is 0 Å². The summed E-state index contributed by atoms with van der Waals surface area (Å²) in [4.78, 5) is 0. The highest BCUT2D eigenvalue weighted by Crippen LogP contribution is 2.22. The maximum atomic E-state index is 12.3. The molecule has 0 N–H and O–H groups in total. The van der Waals surface area contributed by atoms with E-state index in [1.807, 2.05) is 30.3 Å². The number of hydrogen-bond acceptors (Lipinski definition) is 2. The molecule has 0 heterocycles. The van der Waals surface area contributed by atoms with Gasteiger partial charge in [0.15, 0.2) is 0 Å². The van der Waals surface area contributed by atoms with Crippen LogP contribution in [0.5, 0.6) is 0 Å². The van der Waals surface area contributed by atoms with Crippen LogP contribution >= 0.6 is 0 Å². The summed E-state index contributed by atoms with van der Waals surface area (Å²) < 4.78 is 25.7. The van der Waals surface area contributed by atoms with Gasteiger partial charge in [-0.15, -0.1) is 0 Å². The van der Waals surface area contributed by atoms with Gasteiger partial charge in [-0.2, -0.15) is 8.42 Å². The van der Waals surface area contributed by atoms with Crippen molar-refractivity contribution in [2.45, 2.75) is 26.2 Å². The fraction of sp³-hybridized carbons (Fsp3) is 0.263. The normalized spacial score (nSPS) is 11.5.